The van der Waals surface area contributed by atoms with Gasteiger partial charge in [-0.3, -0.25) is 0 Å². The monoisotopic (exact) mass is 310 g/mol. The van der Waals surface area contributed by atoms with E-state index in [2.05, 4.69) is 21.8 Å². The summed E-state index contributed by atoms with van der Waals surface area (Å²) in [5.41, 5.74) is 5.63. The summed E-state index contributed by atoms with van der Waals surface area (Å²) >= 11 is 0. The molecule has 3 heterocycles. The second-order valence-electron chi connectivity index (χ2n) is 5.97. The Morgan fingerprint density at radius 2 is 2.29 bits per heavy atom. The van der Waals surface area contributed by atoms with E-state index in [-0.39, 0.29) is 28.9 Å². The molecule has 114 valence electrons. The van der Waals surface area contributed by atoms with Crippen LogP contribution in [0.15, 0.2) is 0 Å². The topological polar surface area (TPSA) is 126 Å². The molecule has 3 rings (SSSR count). The maximum absolute atomic E-state index is 11.8. The summed E-state index contributed by atoms with van der Waals surface area (Å²) in [6.07, 6.45) is 0.455. The lowest BCUT2D eigenvalue weighted by Crippen LogP contribution is -2.51. The van der Waals surface area contributed by atoms with Gasteiger partial charge in [-0.25, -0.2) is 13.1 Å². The average Bonchev–Trinajstić information content (AvgIpc) is 2.82. The molecular formula is C12H18N6O2S. The van der Waals surface area contributed by atoms with Gasteiger partial charge in [0.2, 0.25) is 0 Å². The highest BCUT2D eigenvalue weighted by atomic mass is 32.2. The van der Waals surface area contributed by atoms with Crippen LogP contribution in [-0.4, -0.2) is 48.8 Å². The molecule has 9 heteroatoms. The van der Waals surface area contributed by atoms with Crippen LogP contribution in [0.3, 0.4) is 0 Å². The van der Waals surface area contributed by atoms with E-state index >= 15 is 0 Å². The third-order valence-electron chi connectivity index (χ3n) is 4.15. The van der Waals surface area contributed by atoms with Crippen LogP contribution in [0.2, 0.25) is 0 Å². The number of anilines is 2. The summed E-state index contributed by atoms with van der Waals surface area (Å²) in [5, 5.41) is 20.0. The molecule has 21 heavy (non-hydrogen) atoms. The van der Waals surface area contributed by atoms with E-state index in [1.165, 1.54) is 4.68 Å². The van der Waals surface area contributed by atoms with Gasteiger partial charge in [0, 0.05) is 13.1 Å². The van der Waals surface area contributed by atoms with Gasteiger partial charge in [0.25, 0.3) is 0 Å². The Labute approximate surface area is 123 Å². The molecule has 1 aromatic rings. The molecule has 2 aliphatic rings. The maximum atomic E-state index is 11.8. The number of hydrogen-bond donors (Lipinski definition) is 3. The van der Waals surface area contributed by atoms with Crippen LogP contribution in [0.1, 0.15) is 18.9 Å². The summed E-state index contributed by atoms with van der Waals surface area (Å²) in [5.74, 6) is 0.792. The number of hydrogen-bond acceptors (Lipinski definition) is 7. The standard InChI is InChI=1S/C12H18N6O2S/c1-12(2-3-21(19,20)7-12)18-10(14)9(4-13)11(17-18)16-8-5-15-6-8/h8,15H,2-3,5-7,14H2,1H3,(H,16,17). The molecule has 8 nitrogen and oxygen atoms in total. The third kappa shape index (κ3) is 2.34. The van der Waals surface area contributed by atoms with Gasteiger partial charge in [-0.05, 0) is 13.3 Å². The van der Waals surface area contributed by atoms with Gasteiger partial charge in [-0.15, -0.1) is 0 Å². The molecule has 2 fully saturated rings. The maximum Gasteiger partial charge on any atom is 0.168 e. The van der Waals surface area contributed by atoms with Crippen molar-refractivity contribution in [3.05, 3.63) is 5.56 Å². The Kier molecular flexibility index (Phi) is 3.11. The molecule has 0 spiro atoms. The third-order valence-corrected chi connectivity index (χ3v) is 6.04. The number of nitriles is 1. The Hall–Kier alpha value is -1.79. The Morgan fingerprint density at radius 3 is 2.76 bits per heavy atom. The lowest BCUT2D eigenvalue weighted by atomic mass is 10.0. The molecule has 4 N–H and O–H groups in total. The number of rotatable bonds is 3. The second kappa shape index (κ2) is 4.61. The van der Waals surface area contributed by atoms with E-state index in [0.29, 0.717) is 12.2 Å². The minimum Gasteiger partial charge on any atom is -0.383 e. The van der Waals surface area contributed by atoms with Crippen LogP contribution in [0.5, 0.6) is 0 Å². The highest BCUT2D eigenvalue weighted by molar-refractivity contribution is 7.91. The van der Waals surface area contributed by atoms with Gasteiger partial charge < -0.3 is 16.4 Å². The van der Waals surface area contributed by atoms with Crippen molar-refractivity contribution in [1.82, 2.24) is 15.1 Å². The number of aromatic nitrogens is 2. The molecule has 2 aliphatic heterocycles. The highest BCUT2D eigenvalue weighted by Gasteiger charge is 2.42. The normalized spacial score (nSPS) is 28.0. The molecule has 2 saturated heterocycles. The largest absolute Gasteiger partial charge is 0.383 e. The summed E-state index contributed by atoms with van der Waals surface area (Å²) in [7, 11) is -3.08. The minimum absolute atomic E-state index is 0.00116. The number of nitrogens with two attached hydrogens (primary N) is 1. The zero-order chi connectivity index (χ0) is 15.3. The number of nitrogens with one attached hydrogen (secondary N) is 2. The van der Waals surface area contributed by atoms with Crippen LogP contribution in [0.4, 0.5) is 11.6 Å². The van der Waals surface area contributed by atoms with Gasteiger partial charge in [-0.2, -0.15) is 10.4 Å². The first-order chi connectivity index (χ1) is 9.85. The van der Waals surface area contributed by atoms with Gasteiger partial charge in [0.15, 0.2) is 15.7 Å². The lowest BCUT2D eigenvalue weighted by molar-refractivity contribution is 0.334. The van der Waals surface area contributed by atoms with Crippen molar-refractivity contribution in [3.8, 4) is 6.07 Å². The zero-order valence-corrected chi connectivity index (χ0v) is 12.6. The minimum atomic E-state index is -3.08. The van der Waals surface area contributed by atoms with Crippen molar-refractivity contribution in [3.63, 3.8) is 0 Å². The van der Waals surface area contributed by atoms with E-state index < -0.39 is 15.4 Å². The van der Waals surface area contributed by atoms with Crippen molar-refractivity contribution < 1.29 is 8.42 Å². The van der Waals surface area contributed by atoms with Crippen molar-refractivity contribution in [2.75, 3.05) is 35.6 Å². The van der Waals surface area contributed by atoms with E-state index in [1.54, 1.807) is 0 Å². The first-order valence-electron chi connectivity index (χ1n) is 6.81. The molecule has 0 aromatic carbocycles. The van der Waals surface area contributed by atoms with Crippen molar-refractivity contribution in [2.45, 2.75) is 24.9 Å². The highest BCUT2D eigenvalue weighted by Crippen LogP contribution is 2.35. The first kappa shape index (κ1) is 14.2. The Morgan fingerprint density at radius 1 is 1.57 bits per heavy atom. The number of nitrogen functional groups attached to an aromatic ring is 1. The molecule has 1 atom stereocenters. The number of nitrogens with zero attached hydrogens (tertiary/aromatic N) is 3. The summed E-state index contributed by atoms with van der Waals surface area (Å²) in [6.45, 7) is 3.43. The van der Waals surface area contributed by atoms with Gasteiger partial charge in [0.05, 0.1) is 23.1 Å². The molecule has 0 radical (unpaired) electrons. The van der Waals surface area contributed by atoms with Gasteiger partial charge >= 0.3 is 0 Å². The summed E-state index contributed by atoms with van der Waals surface area (Å²) < 4.78 is 25.0. The Bertz CT molecular complexity index is 715. The number of sulfone groups is 1. The van der Waals surface area contributed by atoms with Crippen LogP contribution >= 0.6 is 0 Å². The molecule has 0 amide bonds. The molecule has 0 bridgehead atoms. The van der Waals surface area contributed by atoms with Crippen LogP contribution in [-0.2, 0) is 15.4 Å². The molecule has 0 aliphatic carbocycles. The lowest BCUT2D eigenvalue weighted by Gasteiger charge is -2.28. The molecule has 0 saturated carbocycles. The average molecular weight is 310 g/mol. The van der Waals surface area contributed by atoms with Crippen molar-refractivity contribution >= 4 is 21.5 Å². The molecular weight excluding hydrogens is 292 g/mol. The van der Waals surface area contributed by atoms with E-state index in [9.17, 15) is 13.7 Å². The van der Waals surface area contributed by atoms with E-state index in [4.69, 9.17) is 5.73 Å². The Balaban J connectivity index is 1.98. The first-order valence-corrected chi connectivity index (χ1v) is 8.63. The fourth-order valence-electron chi connectivity index (χ4n) is 2.80. The van der Waals surface area contributed by atoms with E-state index in [0.717, 1.165) is 13.1 Å². The van der Waals surface area contributed by atoms with Crippen molar-refractivity contribution in [2.24, 2.45) is 0 Å². The summed E-state index contributed by atoms with van der Waals surface area (Å²) in [4.78, 5) is 0. The van der Waals surface area contributed by atoms with Gasteiger partial charge in [0.1, 0.15) is 17.5 Å². The quantitative estimate of drug-likeness (QED) is 0.671. The SMILES string of the molecule is CC1(n2nc(NC3CNC3)c(C#N)c2N)CCS(=O)(=O)C1. The molecule has 1 unspecified atom stereocenters. The van der Waals surface area contributed by atoms with Crippen LogP contribution in [0.25, 0.3) is 0 Å². The predicted molar refractivity (Wildman–Crippen MR) is 78.6 cm³/mol. The second-order valence-corrected chi connectivity index (χ2v) is 8.15. The molecule has 1 aromatic heterocycles. The zero-order valence-electron chi connectivity index (χ0n) is 11.8. The van der Waals surface area contributed by atoms with Crippen LogP contribution in [0, 0.1) is 11.3 Å². The predicted octanol–water partition coefficient (Wildman–Crippen LogP) is -0.746. The van der Waals surface area contributed by atoms with Crippen LogP contribution < -0.4 is 16.4 Å². The van der Waals surface area contributed by atoms with E-state index in [1.807, 2.05) is 6.92 Å². The van der Waals surface area contributed by atoms with Gasteiger partial charge in [-0.1, -0.05) is 0 Å². The summed E-state index contributed by atoms with van der Waals surface area (Å²) in [6, 6.07) is 2.28. The van der Waals surface area contributed by atoms with Crippen molar-refractivity contribution in [1.29, 1.82) is 5.26 Å². The smallest absolute Gasteiger partial charge is 0.168 e. The fourth-order valence-corrected chi connectivity index (χ4v) is 4.91. The fraction of sp³-hybridized carbons (Fsp3) is 0.667.